The Balaban J connectivity index is 1.51. The highest BCUT2D eigenvalue weighted by Gasteiger charge is 2.15. The summed E-state index contributed by atoms with van der Waals surface area (Å²) < 4.78 is 10.8. The molecule has 1 atom stereocenters. The van der Waals surface area contributed by atoms with Crippen LogP contribution in [-0.4, -0.2) is 54.8 Å². The minimum atomic E-state index is -0.178. The fourth-order valence-corrected chi connectivity index (χ4v) is 3.68. The van der Waals surface area contributed by atoms with Crippen LogP contribution in [0, 0.1) is 0 Å². The Morgan fingerprint density at radius 1 is 1.27 bits per heavy atom. The lowest BCUT2D eigenvalue weighted by molar-refractivity contribution is 0.0683. The fourth-order valence-electron chi connectivity index (χ4n) is 3.68. The molecule has 1 saturated heterocycles. The molecular weight excluding hydrogens is 380 g/mol. The van der Waals surface area contributed by atoms with Crippen molar-refractivity contribution < 1.29 is 9.26 Å². The van der Waals surface area contributed by atoms with Crippen molar-refractivity contribution in [1.82, 2.24) is 20.4 Å². The van der Waals surface area contributed by atoms with E-state index in [1.807, 2.05) is 20.9 Å². The summed E-state index contributed by atoms with van der Waals surface area (Å²) in [5.74, 6) is 1.84. The zero-order valence-electron chi connectivity index (χ0n) is 18.6. The minimum absolute atomic E-state index is 0.178. The second kappa shape index (κ2) is 11.0. The number of hydrogen-bond acceptors (Lipinski definition) is 6. The van der Waals surface area contributed by atoms with Gasteiger partial charge >= 0.3 is 0 Å². The molecule has 8 nitrogen and oxygen atoms in total. The number of nitrogens with one attached hydrogen (secondary N) is 1. The van der Waals surface area contributed by atoms with Crippen molar-refractivity contribution in [2.24, 2.45) is 4.99 Å². The number of anilines is 1. The Bertz CT molecular complexity index is 798. The second-order valence-electron chi connectivity index (χ2n) is 7.61. The number of nitrogens with zero attached hydrogens (tertiary/aromatic N) is 5. The topological polar surface area (TPSA) is 79.0 Å². The van der Waals surface area contributed by atoms with Gasteiger partial charge in [0.25, 0.3) is 0 Å². The highest BCUT2D eigenvalue weighted by Crippen LogP contribution is 2.20. The fraction of sp³-hybridized carbons (Fsp3) is 0.591. The maximum absolute atomic E-state index is 5.50. The van der Waals surface area contributed by atoms with Gasteiger partial charge in [-0.1, -0.05) is 17.3 Å². The monoisotopic (exact) mass is 414 g/mol. The number of aliphatic imine (C=N–C) groups is 1. The first-order valence-corrected chi connectivity index (χ1v) is 10.8. The van der Waals surface area contributed by atoms with E-state index in [2.05, 4.69) is 54.5 Å². The molecule has 8 heteroatoms. The van der Waals surface area contributed by atoms with Gasteiger partial charge in [-0.25, -0.2) is 0 Å². The van der Waals surface area contributed by atoms with E-state index in [0.717, 1.165) is 25.6 Å². The molecule has 3 rings (SSSR count). The van der Waals surface area contributed by atoms with E-state index in [-0.39, 0.29) is 6.10 Å². The Morgan fingerprint density at radius 2 is 2.00 bits per heavy atom. The molecule has 0 spiro atoms. The van der Waals surface area contributed by atoms with Gasteiger partial charge in [0, 0.05) is 46.0 Å². The number of hydrogen-bond donors (Lipinski definition) is 1. The van der Waals surface area contributed by atoms with Gasteiger partial charge in [-0.05, 0) is 50.8 Å². The van der Waals surface area contributed by atoms with Crippen molar-refractivity contribution in [2.75, 3.05) is 38.7 Å². The summed E-state index contributed by atoms with van der Waals surface area (Å²) in [5, 5.41) is 7.27. The van der Waals surface area contributed by atoms with Crippen LogP contribution >= 0.6 is 0 Å². The van der Waals surface area contributed by atoms with Gasteiger partial charge in [-0.2, -0.15) is 4.98 Å². The number of rotatable bonds is 8. The average molecular weight is 415 g/mol. The molecule has 1 unspecified atom stereocenters. The maximum Gasteiger partial charge on any atom is 0.246 e. The van der Waals surface area contributed by atoms with E-state index in [9.17, 15) is 0 Å². The molecule has 2 heterocycles. The lowest BCUT2D eigenvalue weighted by Gasteiger charge is -2.29. The summed E-state index contributed by atoms with van der Waals surface area (Å²) in [6.07, 6.45) is 3.75. The summed E-state index contributed by atoms with van der Waals surface area (Å²) in [7, 11) is 3.79. The number of piperidine rings is 1. The molecular formula is C22H34N6O2. The third-order valence-corrected chi connectivity index (χ3v) is 5.31. The van der Waals surface area contributed by atoms with Gasteiger partial charge in [-0.3, -0.25) is 4.99 Å². The predicted molar refractivity (Wildman–Crippen MR) is 119 cm³/mol. The molecule has 0 amide bonds. The number of ether oxygens (including phenoxy) is 1. The molecule has 30 heavy (non-hydrogen) atoms. The van der Waals surface area contributed by atoms with Crippen molar-refractivity contribution in [3.05, 3.63) is 41.5 Å². The Kier molecular flexibility index (Phi) is 8.07. The zero-order chi connectivity index (χ0) is 21.3. The second-order valence-corrected chi connectivity index (χ2v) is 7.61. The Labute approximate surface area is 179 Å². The summed E-state index contributed by atoms with van der Waals surface area (Å²) in [5.41, 5.74) is 2.56. The number of aromatic nitrogens is 2. The molecule has 0 saturated carbocycles. The van der Waals surface area contributed by atoms with E-state index in [4.69, 9.17) is 9.26 Å². The van der Waals surface area contributed by atoms with E-state index in [1.54, 1.807) is 7.05 Å². The third kappa shape index (κ3) is 5.95. The van der Waals surface area contributed by atoms with E-state index in [0.29, 0.717) is 24.9 Å². The minimum Gasteiger partial charge on any atom is -0.372 e. The molecule has 1 aromatic heterocycles. The van der Waals surface area contributed by atoms with Gasteiger partial charge in [-0.15, -0.1) is 0 Å². The standard InChI is InChI=1S/C22H34N6O2/c1-5-29-17(2)21-25-20(30-26-21)15-24-22(23-3)27(4)16-18-9-11-19(12-10-18)28-13-7-6-8-14-28/h9-12,17H,5-8,13-16H2,1-4H3,(H,23,24). The van der Waals surface area contributed by atoms with Gasteiger partial charge in [0.05, 0.1) is 6.54 Å². The van der Waals surface area contributed by atoms with Crippen molar-refractivity contribution in [1.29, 1.82) is 0 Å². The van der Waals surface area contributed by atoms with Gasteiger partial charge < -0.3 is 24.4 Å². The van der Waals surface area contributed by atoms with Gasteiger partial charge in [0.1, 0.15) is 6.10 Å². The summed E-state index contributed by atoms with van der Waals surface area (Å²) in [6, 6.07) is 8.86. The van der Waals surface area contributed by atoms with Crippen molar-refractivity contribution in [2.45, 2.75) is 52.3 Å². The first-order valence-electron chi connectivity index (χ1n) is 10.8. The van der Waals surface area contributed by atoms with Crippen LogP contribution in [0.5, 0.6) is 0 Å². The third-order valence-electron chi connectivity index (χ3n) is 5.31. The largest absolute Gasteiger partial charge is 0.372 e. The Morgan fingerprint density at radius 3 is 2.67 bits per heavy atom. The van der Waals surface area contributed by atoms with Crippen LogP contribution in [0.3, 0.4) is 0 Å². The highest BCUT2D eigenvalue weighted by atomic mass is 16.5. The molecule has 1 aliphatic heterocycles. The van der Waals surface area contributed by atoms with Crippen LogP contribution in [0.25, 0.3) is 0 Å². The van der Waals surface area contributed by atoms with E-state index in [1.165, 1.54) is 30.5 Å². The zero-order valence-corrected chi connectivity index (χ0v) is 18.6. The normalized spacial score (nSPS) is 15.9. The maximum atomic E-state index is 5.50. The van der Waals surface area contributed by atoms with E-state index >= 15 is 0 Å². The van der Waals surface area contributed by atoms with Crippen molar-refractivity contribution >= 4 is 11.6 Å². The first kappa shape index (κ1) is 22.1. The van der Waals surface area contributed by atoms with Crippen molar-refractivity contribution in [3.8, 4) is 0 Å². The molecule has 0 bridgehead atoms. The number of benzene rings is 1. The molecule has 0 radical (unpaired) electrons. The number of guanidine groups is 1. The quantitative estimate of drug-likeness (QED) is 0.524. The van der Waals surface area contributed by atoms with E-state index < -0.39 is 0 Å². The molecule has 164 valence electrons. The van der Waals surface area contributed by atoms with Crippen LogP contribution in [0.15, 0.2) is 33.8 Å². The molecule has 1 fully saturated rings. The molecule has 2 aromatic rings. The SMILES string of the molecule is CCOC(C)c1noc(CNC(=NC)N(C)Cc2ccc(N3CCCCC3)cc2)n1. The highest BCUT2D eigenvalue weighted by molar-refractivity contribution is 5.79. The lowest BCUT2D eigenvalue weighted by atomic mass is 10.1. The molecule has 1 aliphatic rings. The lowest BCUT2D eigenvalue weighted by Crippen LogP contribution is -2.38. The molecule has 1 N–H and O–H groups in total. The van der Waals surface area contributed by atoms with Crippen LogP contribution in [0.2, 0.25) is 0 Å². The van der Waals surface area contributed by atoms with Crippen LogP contribution < -0.4 is 10.2 Å². The van der Waals surface area contributed by atoms with Gasteiger partial charge in [0.2, 0.25) is 5.89 Å². The Hall–Kier alpha value is -2.61. The summed E-state index contributed by atoms with van der Waals surface area (Å²) in [6.45, 7) is 7.97. The summed E-state index contributed by atoms with van der Waals surface area (Å²) >= 11 is 0. The van der Waals surface area contributed by atoms with Crippen LogP contribution in [0.1, 0.15) is 56.5 Å². The smallest absolute Gasteiger partial charge is 0.246 e. The average Bonchev–Trinajstić information content (AvgIpc) is 3.25. The summed E-state index contributed by atoms with van der Waals surface area (Å²) in [4.78, 5) is 13.3. The first-order chi connectivity index (χ1) is 14.6. The molecule has 1 aromatic carbocycles. The predicted octanol–water partition coefficient (Wildman–Crippen LogP) is 3.36. The molecule has 0 aliphatic carbocycles. The van der Waals surface area contributed by atoms with Crippen LogP contribution in [0.4, 0.5) is 5.69 Å². The van der Waals surface area contributed by atoms with Crippen LogP contribution in [-0.2, 0) is 17.8 Å². The van der Waals surface area contributed by atoms with Crippen molar-refractivity contribution in [3.63, 3.8) is 0 Å². The van der Waals surface area contributed by atoms with Gasteiger partial charge in [0.15, 0.2) is 11.8 Å².